The van der Waals surface area contributed by atoms with Gasteiger partial charge in [0.1, 0.15) is 11.3 Å². The maximum atomic E-state index is 11.9. The molecule has 3 aromatic rings. The van der Waals surface area contributed by atoms with E-state index in [2.05, 4.69) is 22.0 Å². The largest absolute Gasteiger partial charge is 0.431 e. The van der Waals surface area contributed by atoms with E-state index < -0.39 is 10.0 Å². The fourth-order valence-electron chi connectivity index (χ4n) is 4.61. The Morgan fingerprint density at radius 2 is 1.84 bits per heavy atom. The molecule has 2 saturated heterocycles. The number of nitrogens with zero attached hydrogens (tertiary/aromatic N) is 3. The lowest BCUT2D eigenvalue weighted by molar-refractivity contribution is 0.112. The molecule has 6 nitrogen and oxygen atoms in total. The number of halogens is 1. The van der Waals surface area contributed by atoms with Crippen LogP contribution in [-0.2, 0) is 16.4 Å². The van der Waals surface area contributed by atoms with E-state index in [0.717, 1.165) is 41.8 Å². The molecule has 164 valence electrons. The van der Waals surface area contributed by atoms with E-state index in [9.17, 15) is 8.42 Å². The highest BCUT2D eigenvalue weighted by Gasteiger charge is 2.41. The summed E-state index contributed by atoms with van der Waals surface area (Å²) in [6, 6.07) is 14.5. The number of fused-ring (bicyclic) bond motifs is 3. The molecular formula is C22H24ClN3O3S2. The smallest absolute Gasteiger partial charge is 0.279 e. The summed E-state index contributed by atoms with van der Waals surface area (Å²) in [7, 11) is -3.10. The monoisotopic (exact) mass is 477 g/mol. The molecular weight excluding hydrogens is 454 g/mol. The standard InChI is InChI=1S/C22H24ClN3O3S2/c1-31(27,28)25-13-16-7-8-17(14-25)26(16)12-11-15-5-9-18(10-6-15)29-22-24-21-19(23)3-2-4-20(21)30-22/h2-6,9-10,16-17H,7-8,11-14H2,1H3/t16-,17+. The van der Waals surface area contributed by atoms with Gasteiger partial charge in [-0.05, 0) is 49.1 Å². The number of para-hydroxylation sites is 1. The van der Waals surface area contributed by atoms with Crippen LogP contribution in [0.1, 0.15) is 18.4 Å². The first-order chi connectivity index (χ1) is 14.9. The number of rotatable bonds is 6. The molecule has 0 spiro atoms. The van der Waals surface area contributed by atoms with E-state index in [4.69, 9.17) is 16.3 Å². The summed E-state index contributed by atoms with van der Waals surface area (Å²) >= 11 is 7.68. The Bertz CT molecular complexity index is 1180. The third-order valence-corrected chi connectivity index (χ3v) is 8.65. The van der Waals surface area contributed by atoms with Crippen molar-refractivity contribution in [3.63, 3.8) is 0 Å². The van der Waals surface area contributed by atoms with E-state index in [1.807, 2.05) is 30.3 Å². The fraction of sp³-hybridized carbons (Fsp3) is 0.409. The predicted octanol–water partition coefficient (Wildman–Crippen LogP) is 4.39. The second-order valence-electron chi connectivity index (χ2n) is 8.27. The summed E-state index contributed by atoms with van der Waals surface area (Å²) in [6.45, 7) is 2.19. The zero-order valence-electron chi connectivity index (χ0n) is 17.2. The molecule has 2 bridgehead atoms. The molecule has 2 fully saturated rings. The maximum Gasteiger partial charge on any atom is 0.279 e. The van der Waals surface area contributed by atoms with Crippen LogP contribution in [0.2, 0.25) is 5.02 Å². The molecule has 0 radical (unpaired) electrons. The van der Waals surface area contributed by atoms with Gasteiger partial charge in [-0.15, -0.1) is 0 Å². The first kappa shape index (κ1) is 21.2. The SMILES string of the molecule is CS(=O)(=O)N1C[C@H]2CC[C@@H](C1)N2CCc1ccc(Oc2nc3c(Cl)cccc3s2)cc1. The number of sulfonamides is 1. The van der Waals surface area contributed by atoms with Crippen molar-refractivity contribution in [3.8, 4) is 10.9 Å². The first-order valence-electron chi connectivity index (χ1n) is 10.4. The molecule has 3 heterocycles. The molecule has 0 N–H and O–H groups in total. The second kappa shape index (κ2) is 8.33. The number of piperazine rings is 1. The van der Waals surface area contributed by atoms with Crippen molar-refractivity contribution in [2.45, 2.75) is 31.3 Å². The number of ether oxygens (including phenoxy) is 1. The number of hydrogen-bond acceptors (Lipinski definition) is 6. The molecule has 2 aromatic carbocycles. The highest BCUT2D eigenvalue weighted by atomic mass is 35.5. The van der Waals surface area contributed by atoms with Gasteiger partial charge in [0.05, 0.1) is 16.0 Å². The van der Waals surface area contributed by atoms with Crippen LogP contribution in [0.5, 0.6) is 10.9 Å². The number of aromatic nitrogens is 1. The minimum Gasteiger partial charge on any atom is -0.431 e. The van der Waals surface area contributed by atoms with Crippen LogP contribution in [0.4, 0.5) is 0 Å². The van der Waals surface area contributed by atoms with E-state index >= 15 is 0 Å². The summed E-state index contributed by atoms with van der Waals surface area (Å²) in [5.74, 6) is 0.751. The van der Waals surface area contributed by atoms with Crippen LogP contribution in [0.25, 0.3) is 10.2 Å². The van der Waals surface area contributed by atoms with Crippen molar-refractivity contribution < 1.29 is 13.2 Å². The lowest BCUT2D eigenvalue weighted by Crippen LogP contribution is -2.55. The van der Waals surface area contributed by atoms with Crippen LogP contribution in [0.3, 0.4) is 0 Å². The van der Waals surface area contributed by atoms with Crippen molar-refractivity contribution in [2.75, 3.05) is 25.9 Å². The number of thiazole rings is 1. The van der Waals surface area contributed by atoms with Crippen LogP contribution in [0.15, 0.2) is 42.5 Å². The molecule has 0 unspecified atom stereocenters. The minimum absolute atomic E-state index is 0.335. The lowest BCUT2D eigenvalue weighted by Gasteiger charge is -2.39. The summed E-state index contributed by atoms with van der Waals surface area (Å²) in [5, 5.41) is 1.21. The van der Waals surface area contributed by atoms with Gasteiger partial charge in [0.2, 0.25) is 10.0 Å². The van der Waals surface area contributed by atoms with Crippen molar-refractivity contribution in [1.82, 2.24) is 14.2 Å². The molecule has 1 aromatic heterocycles. The summed E-state index contributed by atoms with van der Waals surface area (Å²) in [4.78, 5) is 6.98. The molecule has 0 saturated carbocycles. The highest BCUT2D eigenvalue weighted by molar-refractivity contribution is 7.88. The van der Waals surface area contributed by atoms with Gasteiger partial charge in [0.15, 0.2) is 0 Å². The second-order valence-corrected chi connectivity index (χ2v) is 11.6. The molecule has 2 aliphatic heterocycles. The Morgan fingerprint density at radius 1 is 1.13 bits per heavy atom. The van der Waals surface area contributed by atoms with Crippen molar-refractivity contribution in [1.29, 1.82) is 0 Å². The highest BCUT2D eigenvalue weighted by Crippen LogP contribution is 2.35. The predicted molar refractivity (Wildman–Crippen MR) is 125 cm³/mol. The van der Waals surface area contributed by atoms with E-state index in [1.165, 1.54) is 23.2 Å². The molecule has 0 amide bonds. The van der Waals surface area contributed by atoms with Crippen molar-refractivity contribution >= 4 is 43.2 Å². The third kappa shape index (κ3) is 4.45. The van der Waals surface area contributed by atoms with Gasteiger partial charge >= 0.3 is 0 Å². The molecule has 2 aliphatic rings. The summed E-state index contributed by atoms with van der Waals surface area (Å²) < 4.78 is 32.4. The minimum atomic E-state index is -3.10. The lowest BCUT2D eigenvalue weighted by atomic mass is 10.1. The van der Waals surface area contributed by atoms with Gasteiger partial charge < -0.3 is 4.74 Å². The topological polar surface area (TPSA) is 62.7 Å². The third-order valence-electron chi connectivity index (χ3n) is 6.21. The van der Waals surface area contributed by atoms with Gasteiger partial charge in [0.25, 0.3) is 5.19 Å². The van der Waals surface area contributed by atoms with Crippen LogP contribution >= 0.6 is 22.9 Å². The van der Waals surface area contributed by atoms with E-state index in [1.54, 1.807) is 4.31 Å². The molecule has 0 aliphatic carbocycles. The Balaban J connectivity index is 1.20. The number of benzene rings is 2. The maximum absolute atomic E-state index is 11.9. The number of hydrogen-bond donors (Lipinski definition) is 0. The summed E-state index contributed by atoms with van der Waals surface area (Å²) in [6.07, 6.45) is 4.41. The van der Waals surface area contributed by atoms with E-state index in [0.29, 0.717) is 35.4 Å². The molecule has 2 atom stereocenters. The van der Waals surface area contributed by atoms with Gasteiger partial charge in [-0.3, -0.25) is 4.90 Å². The van der Waals surface area contributed by atoms with Gasteiger partial charge in [-0.2, -0.15) is 4.31 Å². The normalized spacial score (nSPS) is 22.3. The molecule has 9 heteroatoms. The van der Waals surface area contributed by atoms with Crippen LogP contribution < -0.4 is 4.74 Å². The van der Waals surface area contributed by atoms with E-state index in [-0.39, 0.29) is 0 Å². The average molecular weight is 478 g/mol. The van der Waals surface area contributed by atoms with Crippen LogP contribution in [-0.4, -0.2) is 60.6 Å². The Labute approximate surface area is 191 Å². The quantitative estimate of drug-likeness (QED) is 0.526. The van der Waals surface area contributed by atoms with Gasteiger partial charge in [0, 0.05) is 31.7 Å². The zero-order valence-corrected chi connectivity index (χ0v) is 19.6. The molecule has 5 rings (SSSR count). The van der Waals surface area contributed by atoms with Crippen molar-refractivity contribution in [3.05, 3.63) is 53.1 Å². The zero-order chi connectivity index (χ0) is 21.6. The Morgan fingerprint density at radius 3 is 2.48 bits per heavy atom. The average Bonchev–Trinajstić information content (AvgIpc) is 3.24. The van der Waals surface area contributed by atoms with Gasteiger partial charge in [-0.25, -0.2) is 13.4 Å². The Hall–Kier alpha value is -1.71. The van der Waals surface area contributed by atoms with Gasteiger partial charge in [-0.1, -0.05) is 41.1 Å². The van der Waals surface area contributed by atoms with Crippen molar-refractivity contribution in [2.24, 2.45) is 0 Å². The fourth-order valence-corrected chi connectivity index (χ4v) is 6.63. The summed E-state index contributed by atoms with van der Waals surface area (Å²) in [5.41, 5.74) is 2.01. The van der Waals surface area contributed by atoms with Crippen LogP contribution in [0, 0.1) is 0 Å². The molecule has 31 heavy (non-hydrogen) atoms. The Kier molecular flexibility index (Phi) is 5.68. The first-order valence-corrected chi connectivity index (χ1v) is 13.4.